The Balaban J connectivity index is 2.11. The van der Waals surface area contributed by atoms with Gasteiger partial charge in [-0.25, -0.2) is 4.98 Å². The highest BCUT2D eigenvalue weighted by Gasteiger charge is 2.08. The molecule has 5 heteroatoms. The number of rotatable bonds is 4. The van der Waals surface area contributed by atoms with E-state index in [-0.39, 0.29) is 5.91 Å². The van der Waals surface area contributed by atoms with E-state index in [4.69, 9.17) is 0 Å². The topological polar surface area (TPSA) is 54.0 Å². The first-order chi connectivity index (χ1) is 8.29. The van der Waals surface area contributed by atoms with E-state index in [9.17, 15) is 4.79 Å². The summed E-state index contributed by atoms with van der Waals surface area (Å²) >= 11 is 1.54. The highest BCUT2D eigenvalue weighted by atomic mass is 32.1. The van der Waals surface area contributed by atoms with Crippen LogP contribution in [0.2, 0.25) is 0 Å². The second-order valence-electron chi connectivity index (χ2n) is 3.40. The molecule has 0 unspecified atom stereocenters. The minimum atomic E-state index is -0.192. The third kappa shape index (κ3) is 3.04. The molecule has 88 valence electrons. The molecule has 0 saturated carbocycles. The molecule has 2 aromatic rings. The minimum absolute atomic E-state index is 0.192. The van der Waals surface area contributed by atoms with Gasteiger partial charge in [0, 0.05) is 11.9 Å². The van der Waals surface area contributed by atoms with E-state index in [1.807, 2.05) is 35.9 Å². The van der Waals surface area contributed by atoms with Crippen molar-refractivity contribution in [2.75, 3.05) is 17.2 Å². The molecule has 2 rings (SSSR count). The van der Waals surface area contributed by atoms with Crippen LogP contribution in [-0.2, 0) is 0 Å². The first-order valence-corrected chi connectivity index (χ1v) is 6.28. The summed E-state index contributed by atoms with van der Waals surface area (Å²) in [4.78, 5) is 16.1. The lowest BCUT2D eigenvalue weighted by Gasteiger charge is -2.05. The number of nitrogens with one attached hydrogen (secondary N) is 2. The summed E-state index contributed by atoms with van der Waals surface area (Å²) < 4.78 is 0. The Bertz CT molecular complexity index is 496. The second-order valence-corrected chi connectivity index (χ2v) is 4.18. The summed E-state index contributed by atoms with van der Waals surface area (Å²) in [6, 6.07) is 7.21. The smallest absolute Gasteiger partial charge is 0.274 e. The molecule has 0 atom stereocenters. The molecule has 0 fully saturated rings. The maximum absolute atomic E-state index is 11.9. The summed E-state index contributed by atoms with van der Waals surface area (Å²) in [5, 5.41) is 9.66. The summed E-state index contributed by atoms with van der Waals surface area (Å²) in [5.41, 5.74) is 1.21. The van der Waals surface area contributed by atoms with Gasteiger partial charge in [0.25, 0.3) is 5.91 Å². The fourth-order valence-corrected chi connectivity index (χ4v) is 1.96. The largest absolute Gasteiger partial charge is 0.370 e. The van der Waals surface area contributed by atoms with Crippen molar-refractivity contribution in [1.82, 2.24) is 4.98 Å². The van der Waals surface area contributed by atoms with Gasteiger partial charge in [0.2, 0.25) is 0 Å². The standard InChI is InChI=1S/C12H13N3OS/c1-2-13-11-5-3-4-10(15-11)12(16)14-9-6-7-17-8-9/h3-8H,2H2,1H3,(H,13,15)(H,14,16). The molecule has 0 spiro atoms. The third-order valence-corrected chi connectivity index (χ3v) is 2.80. The number of carbonyl (C=O) groups is 1. The fraction of sp³-hybridized carbons (Fsp3) is 0.167. The van der Waals surface area contributed by atoms with Crippen LogP contribution >= 0.6 is 11.3 Å². The quantitative estimate of drug-likeness (QED) is 0.873. The highest BCUT2D eigenvalue weighted by molar-refractivity contribution is 7.08. The van der Waals surface area contributed by atoms with E-state index in [1.165, 1.54) is 0 Å². The lowest BCUT2D eigenvalue weighted by Crippen LogP contribution is -2.14. The van der Waals surface area contributed by atoms with Gasteiger partial charge in [-0.3, -0.25) is 4.79 Å². The molecule has 0 saturated heterocycles. The van der Waals surface area contributed by atoms with Gasteiger partial charge in [0.1, 0.15) is 11.5 Å². The third-order valence-electron chi connectivity index (χ3n) is 2.12. The number of nitrogens with zero attached hydrogens (tertiary/aromatic N) is 1. The second kappa shape index (κ2) is 5.45. The summed E-state index contributed by atoms with van der Waals surface area (Å²) in [6.45, 7) is 2.77. The van der Waals surface area contributed by atoms with Crippen LogP contribution in [0.3, 0.4) is 0 Å². The minimum Gasteiger partial charge on any atom is -0.370 e. The van der Waals surface area contributed by atoms with Gasteiger partial charge in [0.15, 0.2) is 0 Å². The van der Waals surface area contributed by atoms with E-state index < -0.39 is 0 Å². The zero-order valence-electron chi connectivity index (χ0n) is 9.43. The summed E-state index contributed by atoms with van der Waals surface area (Å²) in [6.07, 6.45) is 0. The average molecular weight is 247 g/mol. The molecular formula is C12H13N3OS. The number of amides is 1. The molecule has 0 aromatic carbocycles. The van der Waals surface area contributed by atoms with Gasteiger partial charge in [-0.1, -0.05) is 6.07 Å². The van der Waals surface area contributed by atoms with Crippen molar-refractivity contribution in [3.63, 3.8) is 0 Å². The van der Waals surface area contributed by atoms with Crippen LogP contribution in [0.5, 0.6) is 0 Å². The molecular weight excluding hydrogens is 234 g/mol. The van der Waals surface area contributed by atoms with E-state index >= 15 is 0 Å². The predicted molar refractivity (Wildman–Crippen MR) is 70.7 cm³/mol. The van der Waals surface area contributed by atoms with E-state index in [0.29, 0.717) is 11.5 Å². The van der Waals surface area contributed by atoms with E-state index in [1.54, 1.807) is 17.4 Å². The molecule has 0 aliphatic heterocycles. The van der Waals surface area contributed by atoms with Crippen LogP contribution < -0.4 is 10.6 Å². The van der Waals surface area contributed by atoms with Crippen molar-refractivity contribution in [1.29, 1.82) is 0 Å². The SMILES string of the molecule is CCNc1cccc(C(=O)Nc2ccsc2)n1. The Morgan fingerprint density at radius 3 is 3.00 bits per heavy atom. The number of anilines is 2. The van der Waals surface area contributed by atoms with Gasteiger partial charge in [-0.05, 0) is 30.5 Å². The fourth-order valence-electron chi connectivity index (χ4n) is 1.37. The molecule has 2 heterocycles. The molecule has 0 aliphatic rings. The summed E-state index contributed by atoms with van der Waals surface area (Å²) in [5.74, 6) is 0.522. The van der Waals surface area contributed by atoms with Crippen molar-refractivity contribution >= 4 is 28.7 Å². The number of thiophene rings is 1. The number of hydrogen-bond acceptors (Lipinski definition) is 4. The van der Waals surface area contributed by atoms with Crippen LogP contribution in [-0.4, -0.2) is 17.4 Å². The van der Waals surface area contributed by atoms with Crippen molar-refractivity contribution in [3.8, 4) is 0 Å². The van der Waals surface area contributed by atoms with Crippen molar-refractivity contribution in [3.05, 3.63) is 40.7 Å². The number of aromatic nitrogens is 1. The molecule has 1 amide bonds. The maximum Gasteiger partial charge on any atom is 0.274 e. The van der Waals surface area contributed by atoms with Crippen LogP contribution in [0.4, 0.5) is 11.5 Å². The van der Waals surface area contributed by atoms with E-state index in [2.05, 4.69) is 15.6 Å². The summed E-state index contributed by atoms with van der Waals surface area (Å²) in [7, 11) is 0. The first-order valence-electron chi connectivity index (χ1n) is 5.34. The van der Waals surface area contributed by atoms with Gasteiger partial charge in [-0.15, -0.1) is 0 Å². The molecule has 2 aromatic heterocycles. The molecule has 0 radical (unpaired) electrons. The first kappa shape index (κ1) is 11.6. The Morgan fingerprint density at radius 2 is 2.29 bits per heavy atom. The molecule has 4 nitrogen and oxygen atoms in total. The average Bonchev–Trinajstić information content (AvgIpc) is 2.83. The Hall–Kier alpha value is -1.88. The number of carbonyl (C=O) groups excluding carboxylic acids is 1. The zero-order chi connectivity index (χ0) is 12.1. The van der Waals surface area contributed by atoms with Crippen LogP contribution in [0.25, 0.3) is 0 Å². The molecule has 17 heavy (non-hydrogen) atoms. The Kier molecular flexibility index (Phi) is 3.72. The van der Waals surface area contributed by atoms with Gasteiger partial charge < -0.3 is 10.6 Å². The van der Waals surface area contributed by atoms with Gasteiger partial charge in [0.05, 0.1) is 5.69 Å². The zero-order valence-corrected chi connectivity index (χ0v) is 10.3. The van der Waals surface area contributed by atoms with Crippen LogP contribution in [0.1, 0.15) is 17.4 Å². The van der Waals surface area contributed by atoms with Crippen LogP contribution in [0, 0.1) is 0 Å². The Labute approximate surface area is 104 Å². The van der Waals surface area contributed by atoms with Gasteiger partial charge >= 0.3 is 0 Å². The monoisotopic (exact) mass is 247 g/mol. The van der Waals surface area contributed by atoms with Crippen molar-refractivity contribution < 1.29 is 4.79 Å². The lowest BCUT2D eigenvalue weighted by atomic mass is 10.3. The molecule has 0 aliphatic carbocycles. The number of pyridine rings is 1. The molecule has 2 N–H and O–H groups in total. The van der Waals surface area contributed by atoms with Crippen molar-refractivity contribution in [2.24, 2.45) is 0 Å². The van der Waals surface area contributed by atoms with E-state index in [0.717, 1.165) is 12.2 Å². The lowest BCUT2D eigenvalue weighted by molar-refractivity contribution is 0.102. The van der Waals surface area contributed by atoms with Crippen molar-refractivity contribution in [2.45, 2.75) is 6.92 Å². The normalized spacial score (nSPS) is 9.94. The number of hydrogen-bond donors (Lipinski definition) is 2. The van der Waals surface area contributed by atoms with Gasteiger partial charge in [-0.2, -0.15) is 11.3 Å². The maximum atomic E-state index is 11.9. The molecule has 0 bridgehead atoms. The van der Waals surface area contributed by atoms with Crippen LogP contribution in [0.15, 0.2) is 35.0 Å². The predicted octanol–water partition coefficient (Wildman–Crippen LogP) is 2.83. The Morgan fingerprint density at radius 1 is 1.41 bits per heavy atom. The highest BCUT2D eigenvalue weighted by Crippen LogP contribution is 2.13.